The van der Waals surface area contributed by atoms with E-state index in [-0.39, 0.29) is 5.92 Å². The maximum absolute atomic E-state index is 6.34. The highest BCUT2D eigenvalue weighted by atomic mass is 16.5. The van der Waals surface area contributed by atoms with Crippen LogP contribution in [0.5, 0.6) is 11.5 Å². The molecule has 0 saturated carbocycles. The second-order valence-corrected chi connectivity index (χ2v) is 7.43. The first kappa shape index (κ1) is 16.4. The molecule has 0 bridgehead atoms. The number of nitrogens with one attached hydrogen (secondary N) is 1. The molecule has 6 rings (SSSR count). The van der Waals surface area contributed by atoms with Crippen LogP contribution in [0, 0.1) is 6.92 Å². The van der Waals surface area contributed by atoms with Gasteiger partial charge < -0.3 is 14.8 Å². The zero-order valence-electron chi connectivity index (χ0n) is 15.9. The fourth-order valence-electron chi connectivity index (χ4n) is 4.32. The third kappa shape index (κ3) is 2.47. The standard InChI is InChI=1S/C22H19N5O2/c1-13-16(5-3-7-23-13)17-8-19-22(27-12-25-26-21(17)27)24-9-14-4-2-6-18-20(14)15(10-28-18)11-29-19/h2-8,12,15,24H,9-11H2,1H3/t15-/m0/s1. The first-order valence-corrected chi connectivity index (χ1v) is 9.69. The summed E-state index contributed by atoms with van der Waals surface area (Å²) in [6.45, 7) is 3.87. The van der Waals surface area contributed by atoms with Gasteiger partial charge in [0.05, 0.1) is 19.1 Å². The predicted octanol–water partition coefficient (Wildman–Crippen LogP) is 3.58. The maximum atomic E-state index is 6.34. The SMILES string of the molecule is Cc1ncccc1-c1cc2c(n3cnnc13)NCc1cccc3c1[C@@H](CO3)CO2. The van der Waals surface area contributed by atoms with Gasteiger partial charge in [0, 0.05) is 35.1 Å². The number of rotatable bonds is 1. The topological polar surface area (TPSA) is 73.6 Å². The molecule has 7 nitrogen and oxygen atoms in total. The Morgan fingerprint density at radius 3 is 2.86 bits per heavy atom. The van der Waals surface area contributed by atoms with Crippen LogP contribution in [0.3, 0.4) is 0 Å². The summed E-state index contributed by atoms with van der Waals surface area (Å²) in [4.78, 5) is 4.44. The zero-order valence-corrected chi connectivity index (χ0v) is 15.9. The van der Waals surface area contributed by atoms with Crippen LogP contribution in [0.4, 0.5) is 5.82 Å². The van der Waals surface area contributed by atoms with Gasteiger partial charge >= 0.3 is 0 Å². The zero-order chi connectivity index (χ0) is 19.4. The van der Waals surface area contributed by atoms with Crippen molar-refractivity contribution in [3.05, 3.63) is 65.7 Å². The van der Waals surface area contributed by atoms with E-state index in [9.17, 15) is 0 Å². The lowest BCUT2D eigenvalue weighted by molar-refractivity contribution is 0.249. The second kappa shape index (κ2) is 6.20. The lowest BCUT2D eigenvalue weighted by Gasteiger charge is -2.17. The van der Waals surface area contributed by atoms with Crippen LogP contribution >= 0.6 is 0 Å². The Balaban J connectivity index is 1.53. The van der Waals surface area contributed by atoms with Gasteiger partial charge in [0.1, 0.15) is 12.1 Å². The number of hydrogen-bond acceptors (Lipinski definition) is 6. The third-order valence-corrected chi connectivity index (χ3v) is 5.73. The molecule has 1 atom stereocenters. The van der Waals surface area contributed by atoms with E-state index in [1.54, 1.807) is 12.5 Å². The van der Waals surface area contributed by atoms with Crippen molar-refractivity contribution in [3.63, 3.8) is 0 Å². The molecule has 0 unspecified atom stereocenters. The number of aromatic nitrogens is 4. The van der Waals surface area contributed by atoms with Gasteiger partial charge in [-0.2, -0.15) is 0 Å². The van der Waals surface area contributed by atoms with Gasteiger partial charge in [-0.15, -0.1) is 10.2 Å². The number of nitrogens with zero attached hydrogens (tertiary/aromatic N) is 4. The van der Waals surface area contributed by atoms with Crippen molar-refractivity contribution in [2.45, 2.75) is 19.4 Å². The molecule has 5 heterocycles. The van der Waals surface area contributed by atoms with Crippen molar-refractivity contribution < 1.29 is 9.47 Å². The highest BCUT2D eigenvalue weighted by molar-refractivity contribution is 5.82. The summed E-state index contributed by atoms with van der Waals surface area (Å²) in [6.07, 6.45) is 3.52. The molecule has 0 spiro atoms. The van der Waals surface area contributed by atoms with Crippen LogP contribution in [0.2, 0.25) is 0 Å². The minimum Gasteiger partial charge on any atom is -0.493 e. The monoisotopic (exact) mass is 385 g/mol. The predicted molar refractivity (Wildman–Crippen MR) is 108 cm³/mol. The van der Waals surface area contributed by atoms with Crippen LogP contribution in [0.15, 0.2) is 48.9 Å². The molecule has 2 aliphatic heterocycles. The van der Waals surface area contributed by atoms with Gasteiger partial charge in [-0.1, -0.05) is 18.2 Å². The number of aryl methyl sites for hydroxylation is 1. The molecule has 0 amide bonds. The van der Waals surface area contributed by atoms with E-state index < -0.39 is 0 Å². The summed E-state index contributed by atoms with van der Waals surface area (Å²) in [5.41, 5.74) is 6.16. The van der Waals surface area contributed by atoms with Crippen LogP contribution in [0.1, 0.15) is 22.7 Å². The van der Waals surface area contributed by atoms with Crippen molar-refractivity contribution in [3.8, 4) is 22.6 Å². The van der Waals surface area contributed by atoms with E-state index in [4.69, 9.17) is 9.47 Å². The smallest absolute Gasteiger partial charge is 0.170 e. The molecule has 3 aromatic heterocycles. The molecular weight excluding hydrogens is 366 g/mol. The summed E-state index contributed by atoms with van der Waals surface area (Å²) in [6, 6.07) is 12.3. The number of anilines is 1. The average Bonchev–Trinajstić information content (AvgIpc) is 3.39. The van der Waals surface area contributed by atoms with Gasteiger partial charge in [-0.3, -0.25) is 9.38 Å². The molecule has 4 aromatic rings. The van der Waals surface area contributed by atoms with E-state index in [0.29, 0.717) is 19.8 Å². The maximum Gasteiger partial charge on any atom is 0.170 e. The van der Waals surface area contributed by atoms with Crippen molar-refractivity contribution >= 4 is 11.5 Å². The van der Waals surface area contributed by atoms with Crippen LogP contribution < -0.4 is 14.8 Å². The van der Waals surface area contributed by atoms with Crippen LogP contribution in [-0.2, 0) is 6.54 Å². The Hall–Kier alpha value is -3.61. The molecule has 7 heteroatoms. The Morgan fingerprint density at radius 2 is 1.97 bits per heavy atom. The van der Waals surface area contributed by atoms with Gasteiger partial charge in [0.15, 0.2) is 17.2 Å². The normalized spacial score (nSPS) is 17.2. The fourth-order valence-corrected chi connectivity index (χ4v) is 4.32. The minimum atomic E-state index is 0.217. The number of pyridine rings is 2. The van der Waals surface area contributed by atoms with Gasteiger partial charge in [-0.25, -0.2) is 0 Å². The molecule has 0 aliphatic carbocycles. The summed E-state index contributed by atoms with van der Waals surface area (Å²) in [5, 5.41) is 12.1. The lowest BCUT2D eigenvalue weighted by Crippen LogP contribution is -2.12. The molecule has 29 heavy (non-hydrogen) atoms. The fraction of sp³-hybridized carbons (Fsp3) is 0.227. The van der Waals surface area contributed by atoms with Gasteiger partial charge in [-0.05, 0) is 30.7 Å². The summed E-state index contributed by atoms with van der Waals surface area (Å²) in [5.74, 6) is 2.81. The Morgan fingerprint density at radius 1 is 1.07 bits per heavy atom. The quantitative estimate of drug-likeness (QED) is 0.540. The van der Waals surface area contributed by atoms with Crippen molar-refractivity contribution in [2.75, 3.05) is 18.5 Å². The highest BCUT2D eigenvalue weighted by Crippen LogP contribution is 2.41. The summed E-state index contributed by atoms with van der Waals surface area (Å²) >= 11 is 0. The molecule has 0 fully saturated rings. The Kier molecular flexibility index (Phi) is 3.50. The Bertz CT molecular complexity index is 1250. The molecule has 0 radical (unpaired) electrons. The summed E-state index contributed by atoms with van der Waals surface area (Å²) in [7, 11) is 0. The van der Waals surface area contributed by atoms with E-state index >= 15 is 0 Å². The van der Waals surface area contributed by atoms with E-state index in [2.05, 4.69) is 26.6 Å². The third-order valence-electron chi connectivity index (χ3n) is 5.73. The molecule has 2 aliphatic rings. The van der Waals surface area contributed by atoms with Gasteiger partial charge in [0.2, 0.25) is 0 Å². The first-order chi connectivity index (χ1) is 14.3. The van der Waals surface area contributed by atoms with Crippen LogP contribution in [-0.4, -0.2) is 32.8 Å². The molecule has 1 N–H and O–H groups in total. The number of fused-ring (bicyclic) bond motifs is 3. The number of hydrogen-bond donors (Lipinski definition) is 1. The lowest BCUT2D eigenvalue weighted by atomic mass is 9.96. The summed E-state index contributed by atoms with van der Waals surface area (Å²) < 4.78 is 14.2. The van der Waals surface area contributed by atoms with Crippen molar-refractivity contribution in [1.29, 1.82) is 0 Å². The molecule has 0 saturated heterocycles. The largest absolute Gasteiger partial charge is 0.493 e. The van der Waals surface area contributed by atoms with E-state index in [1.165, 1.54) is 11.1 Å². The van der Waals surface area contributed by atoms with Gasteiger partial charge in [0.25, 0.3) is 0 Å². The molecule has 1 aromatic carbocycles. The second-order valence-electron chi connectivity index (χ2n) is 7.43. The van der Waals surface area contributed by atoms with Crippen LogP contribution in [0.25, 0.3) is 16.8 Å². The first-order valence-electron chi connectivity index (χ1n) is 9.69. The Labute approximate surface area is 167 Å². The van der Waals surface area contributed by atoms with E-state index in [0.717, 1.165) is 39.8 Å². The highest BCUT2D eigenvalue weighted by Gasteiger charge is 2.29. The molecular formula is C22H19N5O2. The van der Waals surface area contributed by atoms with Crippen molar-refractivity contribution in [2.24, 2.45) is 0 Å². The number of ether oxygens (including phenoxy) is 2. The van der Waals surface area contributed by atoms with Crippen molar-refractivity contribution in [1.82, 2.24) is 19.6 Å². The molecule has 144 valence electrons. The number of benzene rings is 1. The minimum absolute atomic E-state index is 0.217. The average molecular weight is 385 g/mol. The van der Waals surface area contributed by atoms with E-state index in [1.807, 2.05) is 41.7 Å².